The van der Waals surface area contributed by atoms with Gasteiger partial charge < -0.3 is 60.1 Å². The number of nitrogens with one attached hydrogen (secondary N) is 2. The zero-order valence-electron chi connectivity index (χ0n) is 37.7. The molecule has 7 N–H and O–H groups in total. The molecule has 19 nitrogen and oxygen atoms in total. The Kier molecular flexibility index (Phi) is 13.8. The summed E-state index contributed by atoms with van der Waals surface area (Å²) in [5.41, 5.74) is 7.90. The number of fused-ring (bicyclic) bond motifs is 5. The summed E-state index contributed by atoms with van der Waals surface area (Å²) in [6.45, 7) is 10.3. The Morgan fingerprint density at radius 1 is 1.03 bits per heavy atom. The molecule has 3 aliphatic heterocycles. The molecule has 0 saturated carbocycles. The van der Waals surface area contributed by atoms with Crippen molar-refractivity contribution in [3.05, 3.63) is 86.7 Å². The van der Waals surface area contributed by atoms with E-state index in [9.17, 15) is 44.1 Å². The second kappa shape index (κ2) is 19.2. The van der Waals surface area contributed by atoms with Crippen LogP contribution in [0.2, 0.25) is 0 Å². The fraction of sp³-hybridized carbons (Fsp3) is 0.468. The number of ether oxygens (including phenoxy) is 4. The summed E-state index contributed by atoms with van der Waals surface area (Å²) in [6, 6.07) is 11.6. The SMILES string of the molecule is CC[C@@]1(O)C(=O)OCc2c1cc1n(c2=O)Cc2c-1nc1ccccc1c2CCN(C(=O)OCc1ccc(NC(=O)[C@H](C)NC(=O)[C@@H](N)C(C)C)c(O[C@H]2C[C@@H](O)CC(C(=O)O)O2)c1)C(C)C. The number of nitrogens with zero attached hydrogens (tertiary/aromatic N) is 3. The molecule has 0 aliphatic carbocycles. The van der Waals surface area contributed by atoms with E-state index in [2.05, 4.69) is 10.6 Å². The first kappa shape index (κ1) is 47.5. The van der Waals surface area contributed by atoms with Gasteiger partial charge in [-0.15, -0.1) is 0 Å². The summed E-state index contributed by atoms with van der Waals surface area (Å²) in [6.07, 6.45) is -4.11. The largest absolute Gasteiger partial charge is 0.479 e. The number of benzene rings is 2. The molecule has 1 fully saturated rings. The van der Waals surface area contributed by atoms with Gasteiger partial charge in [0.05, 0.1) is 46.8 Å². The Morgan fingerprint density at radius 3 is 2.47 bits per heavy atom. The number of carbonyl (C=O) groups excluding carboxylic acids is 4. The molecule has 0 spiro atoms. The third-order valence-electron chi connectivity index (χ3n) is 12.4. The maximum atomic E-state index is 13.9. The van der Waals surface area contributed by atoms with Crippen LogP contribution in [-0.4, -0.2) is 103 Å². The topological polar surface area (TPSA) is 271 Å². The molecule has 3 amide bonds. The van der Waals surface area contributed by atoms with Gasteiger partial charge in [0.25, 0.3) is 5.56 Å². The molecule has 2 aromatic heterocycles. The second-order valence-corrected chi connectivity index (χ2v) is 17.6. The zero-order chi connectivity index (χ0) is 47.8. The molecule has 1 unspecified atom stereocenters. The number of carboxylic acid groups (broad SMARTS) is 1. The number of carboxylic acids is 1. The number of aromatic nitrogens is 2. The number of hydrogen-bond acceptors (Lipinski definition) is 14. The average Bonchev–Trinajstić information content (AvgIpc) is 3.65. The molecule has 3 aliphatic rings. The smallest absolute Gasteiger partial charge is 0.410 e. The van der Waals surface area contributed by atoms with Crippen molar-refractivity contribution in [2.45, 2.75) is 129 Å². The van der Waals surface area contributed by atoms with Crippen molar-refractivity contribution in [2.24, 2.45) is 11.7 Å². The van der Waals surface area contributed by atoms with E-state index < -0.39 is 66.0 Å². The van der Waals surface area contributed by atoms with Gasteiger partial charge in [-0.1, -0.05) is 45.0 Å². The van der Waals surface area contributed by atoms with Gasteiger partial charge in [-0.25, -0.2) is 19.4 Å². The first-order chi connectivity index (χ1) is 31.3. The first-order valence-corrected chi connectivity index (χ1v) is 22.0. The van der Waals surface area contributed by atoms with Crippen molar-refractivity contribution >= 4 is 46.4 Å². The van der Waals surface area contributed by atoms with Crippen LogP contribution in [0, 0.1) is 5.92 Å². The van der Waals surface area contributed by atoms with Crippen molar-refractivity contribution in [1.82, 2.24) is 19.8 Å². The summed E-state index contributed by atoms with van der Waals surface area (Å²) in [5.74, 6) is -3.36. The van der Waals surface area contributed by atoms with Crippen molar-refractivity contribution in [3.63, 3.8) is 0 Å². The number of cyclic esters (lactones) is 1. The molecule has 0 bridgehead atoms. The number of carbonyl (C=O) groups is 5. The van der Waals surface area contributed by atoms with E-state index in [-0.39, 0.29) is 85.6 Å². The number of para-hydroxylation sites is 1. The van der Waals surface area contributed by atoms with Crippen molar-refractivity contribution < 1.29 is 58.2 Å². The quantitative estimate of drug-likeness (QED) is 0.0822. The molecule has 7 rings (SSSR count). The van der Waals surface area contributed by atoms with Crippen LogP contribution in [0.5, 0.6) is 5.75 Å². The lowest BCUT2D eigenvalue weighted by molar-refractivity contribution is -0.195. The van der Waals surface area contributed by atoms with Crippen LogP contribution < -0.4 is 26.7 Å². The molecule has 6 atom stereocenters. The molecule has 4 aromatic rings. The van der Waals surface area contributed by atoms with Gasteiger partial charge in [0.1, 0.15) is 25.0 Å². The van der Waals surface area contributed by atoms with Crippen LogP contribution in [0.25, 0.3) is 22.3 Å². The highest BCUT2D eigenvalue weighted by Gasteiger charge is 2.45. The minimum absolute atomic E-state index is 0.0103. The maximum absolute atomic E-state index is 13.9. The van der Waals surface area contributed by atoms with Gasteiger partial charge >= 0.3 is 18.0 Å². The van der Waals surface area contributed by atoms with Gasteiger partial charge in [-0.2, -0.15) is 0 Å². The lowest BCUT2D eigenvalue weighted by atomic mass is 9.86. The minimum Gasteiger partial charge on any atom is -0.479 e. The van der Waals surface area contributed by atoms with E-state index in [1.54, 1.807) is 42.4 Å². The summed E-state index contributed by atoms with van der Waals surface area (Å²) >= 11 is 0. The monoisotopic (exact) mass is 912 g/mol. The molecule has 0 radical (unpaired) electrons. The third-order valence-corrected chi connectivity index (χ3v) is 12.4. The maximum Gasteiger partial charge on any atom is 0.410 e. The normalized spacial score (nSPS) is 20.7. The van der Waals surface area contributed by atoms with Crippen LogP contribution in [0.4, 0.5) is 10.5 Å². The van der Waals surface area contributed by atoms with E-state index in [1.165, 1.54) is 19.1 Å². The second-order valence-electron chi connectivity index (χ2n) is 17.6. The highest BCUT2D eigenvalue weighted by Crippen LogP contribution is 2.40. The Balaban J connectivity index is 1.11. The fourth-order valence-electron chi connectivity index (χ4n) is 8.43. The van der Waals surface area contributed by atoms with Crippen LogP contribution in [-0.2, 0) is 65.2 Å². The Hall–Kier alpha value is -6.41. The molecular formula is C47H56N6O13. The summed E-state index contributed by atoms with van der Waals surface area (Å²) in [5, 5.41) is 37.5. The van der Waals surface area contributed by atoms with Crippen molar-refractivity contribution in [1.29, 1.82) is 0 Å². The Labute approximate surface area is 380 Å². The van der Waals surface area contributed by atoms with Crippen LogP contribution >= 0.6 is 0 Å². The third kappa shape index (κ3) is 9.46. The number of aliphatic hydroxyl groups excluding tert-OH is 1. The van der Waals surface area contributed by atoms with Crippen LogP contribution in [0.3, 0.4) is 0 Å². The highest BCUT2D eigenvalue weighted by molar-refractivity contribution is 5.98. The first-order valence-electron chi connectivity index (χ1n) is 22.0. The van der Waals surface area contributed by atoms with E-state index in [0.29, 0.717) is 28.9 Å². The number of amides is 3. The molecule has 2 aromatic carbocycles. The number of nitrogens with two attached hydrogens (primary N) is 1. The highest BCUT2D eigenvalue weighted by atomic mass is 16.7. The van der Waals surface area contributed by atoms with E-state index in [4.69, 9.17) is 29.7 Å². The molecule has 352 valence electrons. The van der Waals surface area contributed by atoms with Gasteiger partial charge in [0.15, 0.2) is 11.7 Å². The molecule has 19 heteroatoms. The van der Waals surface area contributed by atoms with Gasteiger partial charge in [-0.05, 0) is 74.9 Å². The summed E-state index contributed by atoms with van der Waals surface area (Å²) in [4.78, 5) is 84.8. The number of aliphatic hydroxyl groups is 2. The predicted octanol–water partition coefficient (Wildman–Crippen LogP) is 3.43. The average molecular weight is 913 g/mol. The number of rotatable bonds is 15. The molecule has 66 heavy (non-hydrogen) atoms. The minimum atomic E-state index is -1.98. The lowest BCUT2D eigenvalue weighted by Crippen LogP contribution is -2.50. The summed E-state index contributed by atoms with van der Waals surface area (Å²) < 4.78 is 24.3. The zero-order valence-corrected chi connectivity index (χ0v) is 37.7. The molecule has 5 heterocycles. The molecular weight excluding hydrogens is 857 g/mol. The number of anilines is 1. The lowest BCUT2D eigenvalue weighted by Gasteiger charge is -2.31. The van der Waals surface area contributed by atoms with E-state index in [1.807, 2.05) is 38.1 Å². The van der Waals surface area contributed by atoms with E-state index in [0.717, 1.165) is 16.5 Å². The van der Waals surface area contributed by atoms with Crippen molar-refractivity contribution in [2.75, 3.05) is 11.9 Å². The fourth-order valence-corrected chi connectivity index (χ4v) is 8.43. The van der Waals surface area contributed by atoms with Crippen LogP contribution in [0.15, 0.2) is 53.3 Å². The number of aliphatic carboxylic acids is 1. The number of hydrogen-bond donors (Lipinski definition) is 6. The van der Waals surface area contributed by atoms with Gasteiger partial charge in [0, 0.05) is 41.9 Å². The molecule has 1 saturated heterocycles. The van der Waals surface area contributed by atoms with Crippen LogP contribution in [0.1, 0.15) is 88.6 Å². The van der Waals surface area contributed by atoms with Gasteiger partial charge in [0.2, 0.25) is 18.1 Å². The number of pyridine rings is 2. The van der Waals surface area contributed by atoms with E-state index >= 15 is 0 Å². The standard InChI is InChI=1S/C47H56N6O13/c1-7-47(62)32-19-35-40-30(20-53(35)43(57)31(32)22-63-45(47)60)28(29-10-8-9-11-33(29)50-40)14-15-52(24(4)5)46(61)64-21-26-12-13-34(51-41(55)25(6)49-42(56)39(48)23(2)3)36(16-26)65-38-18-27(54)17-37(66-38)44(58)59/h8-13,16,19,23-25,27,37-39,54,62H,7,14-15,17-18,20-22,48H2,1-6H3,(H,49,56)(H,51,55)(H,58,59)/t25-,27-,37?,38+,39-,47-/m0/s1. The predicted molar refractivity (Wildman–Crippen MR) is 238 cm³/mol. The summed E-state index contributed by atoms with van der Waals surface area (Å²) in [7, 11) is 0. The van der Waals surface area contributed by atoms with Crippen molar-refractivity contribution in [3.8, 4) is 17.1 Å². The Morgan fingerprint density at radius 2 is 1.77 bits per heavy atom. The Bertz CT molecular complexity index is 2630. The number of esters is 1. The van der Waals surface area contributed by atoms with Gasteiger partial charge in [-0.3, -0.25) is 14.4 Å².